The van der Waals surface area contributed by atoms with Crippen molar-refractivity contribution in [1.29, 1.82) is 5.26 Å². The number of ether oxygens (including phenoxy) is 2. The van der Waals surface area contributed by atoms with Crippen molar-refractivity contribution in [1.82, 2.24) is 9.80 Å². The van der Waals surface area contributed by atoms with Crippen molar-refractivity contribution in [2.45, 2.75) is 144 Å². The number of nitriles is 1. The van der Waals surface area contributed by atoms with Crippen LogP contribution in [0.2, 0.25) is 0 Å². The molecule has 5 heterocycles. The third kappa shape index (κ3) is 14.9. The van der Waals surface area contributed by atoms with E-state index >= 15 is 9.59 Å². The van der Waals surface area contributed by atoms with E-state index in [4.69, 9.17) is 9.47 Å². The van der Waals surface area contributed by atoms with E-state index in [1.165, 1.54) is 67.3 Å². The Morgan fingerprint density at radius 3 is 1.41 bits per heavy atom. The number of carboxylic acid groups (broad SMARTS) is 1. The quantitative estimate of drug-likeness (QED) is 0.0246. The second-order valence-corrected chi connectivity index (χ2v) is 24.6. The smallest absolute Gasteiger partial charge is 0.346 e. The predicted octanol–water partition coefficient (Wildman–Crippen LogP) is 18.8. The van der Waals surface area contributed by atoms with Crippen molar-refractivity contribution >= 4 is 86.3 Å². The van der Waals surface area contributed by atoms with Crippen LogP contribution in [0, 0.1) is 23.2 Å². The van der Waals surface area contributed by atoms with Crippen LogP contribution in [0.5, 0.6) is 11.5 Å². The molecule has 0 fully saturated rings. The third-order valence-corrected chi connectivity index (χ3v) is 18.9. The molecular weight excluding hydrogens is 1060 g/mol. The van der Waals surface area contributed by atoms with Gasteiger partial charge < -0.3 is 29.3 Å². The van der Waals surface area contributed by atoms with Gasteiger partial charge in [0.1, 0.15) is 23.1 Å². The molecule has 2 amide bonds. The van der Waals surface area contributed by atoms with Gasteiger partial charge in [-0.2, -0.15) is 5.26 Å². The first kappa shape index (κ1) is 60.4. The number of hydrogen-bond donors (Lipinski definition) is 1. The molecule has 426 valence electrons. The first-order valence-corrected chi connectivity index (χ1v) is 32.1. The normalized spacial score (nSPS) is 14.3. The average Bonchev–Trinajstić information content (AvgIpc) is 2.53. The number of anilines is 3. The van der Waals surface area contributed by atoms with Crippen molar-refractivity contribution in [2.75, 3.05) is 31.2 Å². The number of aliphatic carboxylic acids is 1. The van der Waals surface area contributed by atoms with Gasteiger partial charge in [-0.3, -0.25) is 9.59 Å². The van der Waals surface area contributed by atoms with Crippen LogP contribution < -0.4 is 14.4 Å². The number of amides is 2. The molecule has 3 aromatic heterocycles. The lowest BCUT2D eigenvalue weighted by Gasteiger charge is -2.29. The van der Waals surface area contributed by atoms with E-state index in [1.807, 2.05) is 34.1 Å². The Morgan fingerprint density at radius 1 is 0.543 bits per heavy atom. The number of hydrogen-bond acceptors (Lipinski definition) is 10. The Kier molecular flexibility index (Phi) is 22.2. The Labute approximate surface area is 493 Å². The lowest BCUT2D eigenvalue weighted by atomic mass is 9.98. The zero-order chi connectivity index (χ0) is 57.3. The number of thiophene rings is 3. The largest absolute Gasteiger partial charge is 0.494 e. The number of rotatable bonds is 33. The molecule has 0 saturated heterocycles. The van der Waals surface area contributed by atoms with Crippen LogP contribution in [0.1, 0.15) is 159 Å². The van der Waals surface area contributed by atoms with E-state index in [0.717, 1.165) is 123 Å². The Balaban J connectivity index is 1.16. The second-order valence-electron chi connectivity index (χ2n) is 21.3. The minimum absolute atomic E-state index is 0.129. The SMILES string of the molecule is CCCCCCOc1ccc(N(c2ccc(OCCCCCC)cc2)c2ccc(-c3ccc(C4=C5C(=O)N(CC(CC)CCCC)C(c6ccc(-c7ccc(/C=C(/C#N)C(=O)O)s7)s6)=C5C(=O)N4CC(CC)CCCC)s3)cc2)cc1. The number of benzene rings is 3. The monoisotopic (exact) mass is 1140 g/mol. The highest BCUT2D eigenvalue weighted by atomic mass is 32.1. The predicted molar refractivity (Wildman–Crippen MR) is 336 cm³/mol. The Hall–Kier alpha value is -6.72. The highest BCUT2D eigenvalue weighted by molar-refractivity contribution is 7.23. The topological polar surface area (TPSA) is 123 Å². The number of carbonyl (C=O) groups excluding carboxylic acids is 2. The van der Waals surface area contributed by atoms with Gasteiger partial charge in [-0.25, -0.2) is 4.79 Å². The molecule has 2 aliphatic heterocycles. The molecule has 0 aliphatic carbocycles. The summed E-state index contributed by atoms with van der Waals surface area (Å²) in [6.45, 7) is 15.6. The van der Waals surface area contributed by atoms with Gasteiger partial charge in [0.15, 0.2) is 0 Å². The van der Waals surface area contributed by atoms with E-state index in [9.17, 15) is 15.2 Å². The van der Waals surface area contributed by atoms with Crippen LogP contribution in [0.15, 0.2) is 126 Å². The maximum Gasteiger partial charge on any atom is 0.346 e. The van der Waals surface area contributed by atoms with Gasteiger partial charge in [0, 0.05) is 49.7 Å². The molecule has 1 N–H and O–H groups in total. The summed E-state index contributed by atoms with van der Waals surface area (Å²) >= 11 is 4.55. The molecule has 10 nitrogen and oxygen atoms in total. The van der Waals surface area contributed by atoms with Crippen LogP contribution >= 0.6 is 34.0 Å². The summed E-state index contributed by atoms with van der Waals surface area (Å²) in [5.41, 5.74) is 6.05. The third-order valence-electron chi connectivity index (χ3n) is 15.5. The van der Waals surface area contributed by atoms with Crippen molar-refractivity contribution in [2.24, 2.45) is 11.8 Å². The number of nitrogens with zero attached hydrogens (tertiary/aromatic N) is 4. The summed E-state index contributed by atoms with van der Waals surface area (Å²) < 4.78 is 12.3. The van der Waals surface area contributed by atoms with Crippen molar-refractivity contribution in [3.63, 3.8) is 0 Å². The van der Waals surface area contributed by atoms with Crippen LogP contribution in [0.25, 0.3) is 37.7 Å². The van der Waals surface area contributed by atoms with Gasteiger partial charge in [0.25, 0.3) is 11.8 Å². The van der Waals surface area contributed by atoms with Gasteiger partial charge in [0.05, 0.1) is 45.5 Å². The van der Waals surface area contributed by atoms with Gasteiger partial charge in [-0.1, -0.05) is 131 Å². The molecule has 0 saturated carbocycles. The molecule has 2 atom stereocenters. The van der Waals surface area contributed by atoms with Crippen LogP contribution in [0.3, 0.4) is 0 Å². The van der Waals surface area contributed by atoms with Gasteiger partial charge in [-0.05, 0) is 146 Å². The summed E-state index contributed by atoms with van der Waals surface area (Å²) in [6.07, 6.45) is 18.6. The molecule has 0 radical (unpaired) electrons. The van der Waals surface area contributed by atoms with E-state index in [2.05, 4.69) is 131 Å². The summed E-state index contributed by atoms with van der Waals surface area (Å²) in [6, 6.07) is 39.1. The number of carbonyl (C=O) groups is 3. The minimum atomic E-state index is -1.27. The summed E-state index contributed by atoms with van der Waals surface area (Å²) in [4.78, 5) is 54.1. The molecular formula is C68H80N4O6S3. The fraction of sp³-hybridized carbons (Fsp3) is 0.412. The van der Waals surface area contributed by atoms with Gasteiger partial charge in [0.2, 0.25) is 0 Å². The maximum atomic E-state index is 15.5. The summed E-state index contributed by atoms with van der Waals surface area (Å²) in [5.74, 6) is 0.684. The van der Waals surface area contributed by atoms with E-state index < -0.39 is 5.97 Å². The fourth-order valence-corrected chi connectivity index (χ4v) is 13.9. The molecule has 3 aromatic carbocycles. The molecule has 2 aliphatic rings. The number of unbranched alkanes of at least 4 members (excludes halogenated alkanes) is 8. The number of fused-ring (bicyclic) bond motifs is 1. The van der Waals surface area contributed by atoms with Crippen molar-refractivity contribution in [3.05, 3.63) is 141 Å². The highest BCUT2D eigenvalue weighted by Crippen LogP contribution is 2.51. The average molecular weight is 1150 g/mol. The molecule has 6 aromatic rings. The maximum absolute atomic E-state index is 15.5. The molecule has 2 unspecified atom stereocenters. The van der Waals surface area contributed by atoms with Crippen LogP contribution in [0.4, 0.5) is 17.1 Å². The lowest BCUT2D eigenvalue weighted by molar-refractivity contribution is -0.132. The van der Waals surface area contributed by atoms with E-state index in [1.54, 1.807) is 17.4 Å². The van der Waals surface area contributed by atoms with E-state index in [-0.39, 0.29) is 29.2 Å². The standard InChI is InChI=1S/C68H80N4O6S3/c1-7-13-17-19-41-77-54-31-27-52(28-32-54)72(53-29-33-55(34-30-53)78-42-20-18-14-8-2)51-25-23-49(24-26-51)57-37-39-60(80-57)64-62-63(67(74)70(64)45-47(11-5)21-15-9-3)65(71(66(62)73)46-48(12-6)22-16-10-4)61-40-38-59(81-61)58-36-35-56(79-58)43-50(44-69)68(75)76/h23-40,43,47-48H,7-22,41-42,45-46H2,1-6H3,(H,75,76)/b50-43-. The Morgan fingerprint density at radius 2 is 0.963 bits per heavy atom. The van der Waals surface area contributed by atoms with Crippen LogP contribution in [-0.2, 0) is 14.4 Å². The molecule has 13 heteroatoms. The lowest BCUT2D eigenvalue weighted by Crippen LogP contribution is -2.34. The van der Waals surface area contributed by atoms with Gasteiger partial charge in [-0.15, -0.1) is 34.0 Å². The highest BCUT2D eigenvalue weighted by Gasteiger charge is 2.50. The molecule has 8 rings (SSSR count). The summed E-state index contributed by atoms with van der Waals surface area (Å²) in [5, 5.41) is 19.0. The number of carboxylic acids is 1. The minimum Gasteiger partial charge on any atom is -0.494 e. The van der Waals surface area contributed by atoms with Crippen LogP contribution in [-0.4, -0.2) is 59.0 Å². The van der Waals surface area contributed by atoms with Crippen molar-refractivity contribution < 1.29 is 29.0 Å². The zero-order valence-electron chi connectivity index (χ0n) is 48.3. The van der Waals surface area contributed by atoms with Crippen molar-refractivity contribution in [3.8, 4) is 37.8 Å². The summed E-state index contributed by atoms with van der Waals surface area (Å²) in [7, 11) is 0. The Bertz CT molecular complexity index is 3130. The molecule has 0 bridgehead atoms. The molecule has 0 spiro atoms. The van der Waals surface area contributed by atoms with Gasteiger partial charge >= 0.3 is 5.97 Å². The second kappa shape index (κ2) is 29.8. The van der Waals surface area contributed by atoms with E-state index in [0.29, 0.717) is 53.7 Å². The molecule has 81 heavy (non-hydrogen) atoms. The first-order valence-electron chi connectivity index (χ1n) is 29.7. The first-order chi connectivity index (χ1) is 39.5. The zero-order valence-corrected chi connectivity index (χ0v) is 50.7. The fourth-order valence-electron chi connectivity index (χ4n) is 10.7.